The zero-order chi connectivity index (χ0) is 18.8. The molecule has 1 atom stereocenters. The van der Waals surface area contributed by atoms with Crippen molar-refractivity contribution in [1.82, 2.24) is 0 Å². The summed E-state index contributed by atoms with van der Waals surface area (Å²) < 4.78 is 0. The van der Waals surface area contributed by atoms with E-state index in [1.807, 2.05) is 13.8 Å². The first kappa shape index (κ1) is 24.9. The molecule has 0 aromatic heterocycles. The number of hydrogen-bond donors (Lipinski definition) is 2. The van der Waals surface area contributed by atoms with Gasteiger partial charge in [0.05, 0.1) is 0 Å². The Balaban J connectivity index is 3.29. The van der Waals surface area contributed by atoms with E-state index in [-0.39, 0.29) is 6.04 Å². The van der Waals surface area contributed by atoms with Gasteiger partial charge in [0.1, 0.15) is 6.54 Å². The lowest BCUT2D eigenvalue weighted by Gasteiger charge is -2.28. The van der Waals surface area contributed by atoms with E-state index in [1.54, 1.807) is 0 Å². The fraction of sp³-hybridized carbons (Fsp3) is 1.00. The van der Waals surface area contributed by atoms with Gasteiger partial charge >= 0.3 is 0 Å². The number of rotatable bonds is 19. The van der Waals surface area contributed by atoms with Crippen LogP contribution in [0.4, 0.5) is 0 Å². The maximum absolute atomic E-state index is 9.89. The maximum Gasteiger partial charge on any atom is 0.151 e. The lowest BCUT2D eigenvalue weighted by molar-refractivity contribution is -1.26. The van der Waals surface area contributed by atoms with Gasteiger partial charge < -0.3 is 0 Å². The summed E-state index contributed by atoms with van der Waals surface area (Å²) >= 11 is 0. The second kappa shape index (κ2) is 17.3. The van der Waals surface area contributed by atoms with Crippen molar-refractivity contribution in [2.24, 2.45) is 0 Å². The van der Waals surface area contributed by atoms with Crippen molar-refractivity contribution in [3.63, 3.8) is 0 Å². The predicted octanol–water partition coefficient (Wildman–Crippen LogP) is 7.64. The molecule has 0 bridgehead atoms. The summed E-state index contributed by atoms with van der Waals surface area (Å²) in [6.07, 6.45) is 22.3. The molecule has 0 aromatic rings. The second-order valence-corrected chi connectivity index (χ2v) is 7.90. The molecular formula is C22H48NO2+. The van der Waals surface area contributed by atoms with Crippen LogP contribution in [0, 0.1) is 0 Å². The molecule has 0 saturated heterocycles. The van der Waals surface area contributed by atoms with E-state index in [4.69, 9.17) is 0 Å². The molecule has 1 unspecified atom stereocenters. The van der Waals surface area contributed by atoms with Crippen LogP contribution in [0.2, 0.25) is 0 Å². The number of quaternary nitrogens is 1. The Labute approximate surface area is 158 Å². The molecular weight excluding hydrogens is 310 g/mol. The molecule has 0 aliphatic carbocycles. The van der Waals surface area contributed by atoms with Gasteiger partial charge in [0.2, 0.25) is 0 Å². The van der Waals surface area contributed by atoms with E-state index in [0.29, 0.717) is 6.54 Å². The highest BCUT2D eigenvalue weighted by atomic mass is 16.8. The van der Waals surface area contributed by atoms with Crippen molar-refractivity contribution in [3.05, 3.63) is 0 Å². The lowest BCUT2D eigenvalue weighted by Crippen LogP contribution is -2.49. The molecule has 152 valence electrons. The highest BCUT2D eigenvalue weighted by Gasteiger charge is 2.31. The van der Waals surface area contributed by atoms with E-state index in [9.17, 15) is 10.4 Å². The van der Waals surface area contributed by atoms with Crippen LogP contribution in [0.5, 0.6) is 0 Å². The Morgan fingerprint density at radius 2 is 0.920 bits per heavy atom. The van der Waals surface area contributed by atoms with Crippen LogP contribution in [-0.4, -0.2) is 27.8 Å². The third-order valence-corrected chi connectivity index (χ3v) is 5.66. The normalized spacial score (nSPS) is 13.3. The monoisotopic (exact) mass is 358 g/mol. The molecule has 0 radical (unpaired) electrons. The quantitative estimate of drug-likeness (QED) is 0.141. The van der Waals surface area contributed by atoms with Gasteiger partial charge in [0.15, 0.2) is 6.04 Å². The van der Waals surface area contributed by atoms with Gasteiger partial charge in [-0.1, -0.05) is 104 Å². The zero-order valence-corrected chi connectivity index (χ0v) is 17.6. The van der Waals surface area contributed by atoms with E-state index in [2.05, 4.69) is 6.92 Å². The highest BCUT2D eigenvalue weighted by Crippen LogP contribution is 2.18. The van der Waals surface area contributed by atoms with Gasteiger partial charge in [-0.2, -0.15) is 10.4 Å². The van der Waals surface area contributed by atoms with Crippen LogP contribution < -0.4 is 0 Å². The average Bonchev–Trinajstić information content (AvgIpc) is 2.61. The molecule has 0 spiro atoms. The van der Waals surface area contributed by atoms with E-state index < -0.39 is 4.81 Å². The summed E-state index contributed by atoms with van der Waals surface area (Å²) in [6.45, 7) is 6.53. The zero-order valence-electron chi connectivity index (χ0n) is 17.6. The van der Waals surface area contributed by atoms with Crippen LogP contribution in [0.15, 0.2) is 0 Å². The molecule has 0 aliphatic rings. The third-order valence-electron chi connectivity index (χ3n) is 5.66. The van der Waals surface area contributed by atoms with Crippen molar-refractivity contribution in [1.29, 1.82) is 0 Å². The van der Waals surface area contributed by atoms with Crippen LogP contribution in [0.25, 0.3) is 0 Å². The van der Waals surface area contributed by atoms with Gasteiger partial charge in [0, 0.05) is 12.8 Å². The topological polar surface area (TPSA) is 40.5 Å². The molecule has 0 heterocycles. The predicted molar refractivity (Wildman–Crippen MR) is 108 cm³/mol. The Morgan fingerprint density at radius 1 is 0.560 bits per heavy atom. The fourth-order valence-electron chi connectivity index (χ4n) is 3.71. The Kier molecular flexibility index (Phi) is 17.2. The number of unbranched alkanes of at least 4 members (excludes halogenated alkanes) is 14. The standard InChI is InChI=1S/C22H48NO2/c1-4-7-8-9-10-11-12-13-14-15-16-17-18-19-20-21-22(5-2)23(24,25)6-3/h22,24-25H,4-21H2,1-3H3/q+1. The molecule has 3 heteroatoms. The first-order chi connectivity index (χ1) is 12.1. The van der Waals surface area contributed by atoms with Crippen LogP contribution >= 0.6 is 0 Å². The van der Waals surface area contributed by atoms with Gasteiger partial charge in [0.25, 0.3) is 0 Å². The van der Waals surface area contributed by atoms with E-state index in [0.717, 1.165) is 19.3 Å². The first-order valence-corrected chi connectivity index (χ1v) is 11.4. The van der Waals surface area contributed by atoms with Crippen LogP contribution in [-0.2, 0) is 0 Å². The largest absolute Gasteiger partial charge is 0.182 e. The van der Waals surface area contributed by atoms with Gasteiger partial charge in [-0.25, -0.2) is 0 Å². The minimum Gasteiger partial charge on any atom is -0.182 e. The lowest BCUT2D eigenvalue weighted by atomic mass is 10.0. The fourth-order valence-corrected chi connectivity index (χ4v) is 3.71. The van der Waals surface area contributed by atoms with Crippen molar-refractivity contribution in [2.75, 3.05) is 6.54 Å². The number of nitrogens with zero attached hydrogens (tertiary/aromatic N) is 1. The van der Waals surface area contributed by atoms with E-state index >= 15 is 0 Å². The maximum atomic E-state index is 9.89. The van der Waals surface area contributed by atoms with E-state index in [1.165, 1.54) is 89.9 Å². The van der Waals surface area contributed by atoms with Gasteiger partial charge in [-0.05, 0) is 18.2 Å². The van der Waals surface area contributed by atoms with Crippen molar-refractivity contribution >= 4 is 0 Å². The molecule has 2 N–H and O–H groups in total. The second-order valence-electron chi connectivity index (χ2n) is 7.90. The van der Waals surface area contributed by atoms with Crippen LogP contribution in [0.1, 0.15) is 130 Å². The number of hydroxylamine groups is 4. The number of hydrogen-bond acceptors (Lipinski definition) is 2. The molecule has 3 nitrogen and oxygen atoms in total. The molecule has 0 fully saturated rings. The minimum absolute atomic E-state index is 0.0213. The molecule has 0 amide bonds. The van der Waals surface area contributed by atoms with Gasteiger partial charge in [-0.15, -0.1) is 0 Å². The molecule has 0 aromatic carbocycles. The molecule has 25 heavy (non-hydrogen) atoms. The molecule has 0 rings (SSSR count). The average molecular weight is 359 g/mol. The molecule has 0 saturated carbocycles. The smallest absolute Gasteiger partial charge is 0.151 e. The third kappa shape index (κ3) is 14.7. The Bertz CT molecular complexity index is 269. The summed E-state index contributed by atoms with van der Waals surface area (Å²) in [6, 6.07) is -0.0213. The van der Waals surface area contributed by atoms with Crippen molar-refractivity contribution < 1.29 is 15.2 Å². The Hall–Kier alpha value is -0.120. The Morgan fingerprint density at radius 3 is 1.24 bits per heavy atom. The first-order valence-electron chi connectivity index (χ1n) is 11.4. The summed E-state index contributed by atoms with van der Waals surface area (Å²) in [7, 11) is 0. The SMILES string of the molecule is CCCCCCCCCCCCCCCCCC(CC)[N+](O)(O)CC. The summed E-state index contributed by atoms with van der Waals surface area (Å²) in [5.41, 5.74) is 0. The summed E-state index contributed by atoms with van der Waals surface area (Å²) in [5.74, 6) is 0. The molecule has 0 aliphatic heterocycles. The van der Waals surface area contributed by atoms with Crippen molar-refractivity contribution in [3.8, 4) is 0 Å². The van der Waals surface area contributed by atoms with Gasteiger partial charge in [-0.3, -0.25) is 0 Å². The van der Waals surface area contributed by atoms with Crippen LogP contribution in [0.3, 0.4) is 0 Å². The van der Waals surface area contributed by atoms with Crippen molar-refractivity contribution in [2.45, 2.75) is 136 Å². The summed E-state index contributed by atoms with van der Waals surface area (Å²) in [4.78, 5) is -0.797. The highest BCUT2D eigenvalue weighted by molar-refractivity contribution is 4.55. The summed E-state index contributed by atoms with van der Waals surface area (Å²) in [5, 5.41) is 19.8. The minimum atomic E-state index is -0.797.